The van der Waals surface area contributed by atoms with Crippen molar-refractivity contribution in [2.75, 3.05) is 5.73 Å². The second-order valence-corrected chi connectivity index (χ2v) is 8.01. The normalized spacial score (nSPS) is 15.5. The Labute approximate surface area is 125 Å². The third-order valence-electron chi connectivity index (χ3n) is 3.50. The van der Waals surface area contributed by atoms with Crippen molar-refractivity contribution in [2.45, 2.75) is 23.0 Å². The topological polar surface area (TPSA) is 78.0 Å². The predicted octanol–water partition coefficient (Wildman–Crippen LogP) is 2.37. The summed E-state index contributed by atoms with van der Waals surface area (Å²) in [6.45, 7) is 0. The molecule has 1 aromatic carbocycles. The molecular formula is C13H14BrN3O2S. The maximum Gasteiger partial charge on any atom is 0.182 e. The van der Waals surface area contributed by atoms with E-state index in [4.69, 9.17) is 5.73 Å². The van der Waals surface area contributed by atoms with Crippen LogP contribution in [0.1, 0.15) is 12.8 Å². The molecule has 2 N–H and O–H groups in total. The highest BCUT2D eigenvalue weighted by atomic mass is 79.9. The van der Waals surface area contributed by atoms with E-state index in [-0.39, 0.29) is 5.25 Å². The highest BCUT2D eigenvalue weighted by Gasteiger charge is 2.37. The molecule has 0 spiro atoms. The summed E-state index contributed by atoms with van der Waals surface area (Å²) in [7, 11) is -1.44. The van der Waals surface area contributed by atoms with Crippen LogP contribution in [0.2, 0.25) is 0 Å². The van der Waals surface area contributed by atoms with Gasteiger partial charge in [0.15, 0.2) is 9.84 Å². The standard InChI is InChI=1S/C13H14BrN3O2S/c1-17-13(15)10(7-16-17)8-2-5-12(11(14)6-8)20(18,19)9-3-4-9/h2,5-7,9H,3-4,15H2,1H3. The van der Waals surface area contributed by atoms with Gasteiger partial charge in [0.25, 0.3) is 0 Å². The number of nitrogens with zero attached hydrogens (tertiary/aromatic N) is 2. The van der Waals surface area contributed by atoms with Crippen molar-refractivity contribution in [2.24, 2.45) is 7.05 Å². The number of hydrogen-bond donors (Lipinski definition) is 1. The molecule has 1 heterocycles. The van der Waals surface area contributed by atoms with Crippen LogP contribution in [0.3, 0.4) is 0 Å². The lowest BCUT2D eigenvalue weighted by Gasteiger charge is -2.08. The average Bonchev–Trinajstić information content (AvgIpc) is 3.18. The van der Waals surface area contributed by atoms with E-state index >= 15 is 0 Å². The zero-order chi connectivity index (χ0) is 14.5. The van der Waals surface area contributed by atoms with Crippen LogP contribution < -0.4 is 5.73 Å². The third-order valence-corrected chi connectivity index (χ3v) is 6.73. The Hall–Kier alpha value is -1.34. The van der Waals surface area contributed by atoms with Crippen molar-refractivity contribution in [3.8, 4) is 11.1 Å². The minimum Gasteiger partial charge on any atom is -0.383 e. The minimum absolute atomic E-state index is 0.215. The van der Waals surface area contributed by atoms with Gasteiger partial charge in [0.2, 0.25) is 0 Å². The first-order valence-electron chi connectivity index (χ1n) is 6.22. The van der Waals surface area contributed by atoms with Crippen LogP contribution in [0.4, 0.5) is 5.82 Å². The molecule has 0 aliphatic heterocycles. The number of rotatable bonds is 3. The van der Waals surface area contributed by atoms with Gasteiger partial charge in [-0.15, -0.1) is 0 Å². The first kappa shape index (κ1) is 13.6. The largest absolute Gasteiger partial charge is 0.383 e. The summed E-state index contributed by atoms with van der Waals surface area (Å²) in [4.78, 5) is 0.353. The zero-order valence-corrected chi connectivity index (χ0v) is 13.3. The molecule has 2 aromatic rings. The molecule has 1 fully saturated rings. The van der Waals surface area contributed by atoms with Gasteiger partial charge in [-0.25, -0.2) is 8.42 Å². The quantitative estimate of drug-likeness (QED) is 0.916. The Morgan fingerprint density at radius 2 is 2.10 bits per heavy atom. The van der Waals surface area contributed by atoms with E-state index in [0.29, 0.717) is 15.2 Å². The van der Waals surface area contributed by atoms with Crippen LogP contribution in [0.25, 0.3) is 11.1 Å². The average molecular weight is 356 g/mol. The summed E-state index contributed by atoms with van der Waals surface area (Å²) in [5, 5.41) is 3.88. The molecule has 3 rings (SSSR count). The first-order valence-corrected chi connectivity index (χ1v) is 8.56. The SMILES string of the molecule is Cn1ncc(-c2ccc(S(=O)(=O)C3CC3)c(Br)c2)c1N. The van der Waals surface area contributed by atoms with Crippen molar-refractivity contribution >= 4 is 31.6 Å². The van der Waals surface area contributed by atoms with E-state index in [1.54, 1.807) is 36.1 Å². The van der Waals surface area contributed by atoms with Gasteiger partial charge < -0.3 is 5.73 Å². The monoisotopic (exact) mass is 355 g/mol. The smallest absolute Gasteiger partial charge is 0.182 e. The second kappa shape index (κ2) is 4.60. The van der Waals surface area contributed by atoms with Crippen molar-refractivity contribution in [3.63, 3.8) is 0 Å². The van der Waals surface area contributed by atoms with Gasteiger partial charge in [0, 0.05) is 17.1 Å². The minimum atomic E-state index is -3.20. The summed E-state index contributed by atoms with van der Waals surface area (Å²) < 4.78 is 26.7. The van der Waals surface area contributed by atoms with Gasteiger partial charge in [-0.2, -0.15) is 5.10 Å². The molecule has 106 valence electrons. The zero-order valence-electron chi connectivity index (χ0n) is 10.9. The van der Waals surface area contributed by atoms with Gasteiger partial charge >= 0.3 is 0 Å². The molecule has 20 heavy (non-hydrogen) atoms. The molecular weight excluding hydrogens is 342 g/mol. The summed E-state index contributed by atoms with van der Waals surface area (Å²) in [6.07, 6.45) is 3.18. The Morgan fingerprint density at radius 1 is 1.40 bits per heavy atom. The van der Waals surface area contributed by atoms with Gasteiger partial charge in [-0.3, -0.25) is 4.68 Å². The van der Waals surface area contributed by atoms with Crippen LogP contribution in [-0.4, -0.2) is 23.4 Å². The number of hydrogen-bond acceptors (Lipinski definition) is 4. The molecule has 0 unspecified atom stereocenters. The van der Waals surface area contributed by atoms with E-state index in [1.165, 1.54) is 0 Å². The second-order valence-electron chi connectivity index (χ2n) is 4.96. The van der Waals surface area contributed by atoms with Crippen LogP contribution in [0.15, 0.2) is 33.8 Å². The maximum atomic E-state index is 12.3. The highest BCUT2D eigenvalue weighted by molar-refractivity contribution is 9.10. The summed E-state index contributed by atoms with van der Waals surface area (Å²) in [5.41, 5.74) is 7.57. The van der Waals surface area contributed by atoms with Crippen LogP contribution in [-0.2, 0) is 16.9 Å². The summed E-state index contributed by atoms with van der Waals surface area (Å²) in [6, 6.07) is 5.19. The fraction of sp³-hybridized carbons (Fsp3) is 0.308. The predicted molar refractivity (Wildman–Crippen MR) is 81.0 cm³/mol. The molecule has 1 aliphatic carbocycles. The number of sulfone groups is 1. The van der Waals surface area contributed by atoms with Gasteiger partial charge in [-0.1, -0.05) is 6.07 Å². The van der Waals surface area contributed by atoms with Crippen molar-refractivity contribution < 1.29 is 8.42 Å². The Kier molecular flexibility index (Phi) is 3.13. The van der Waals surface area contributed by atoms with E-state index in [1.807, 2.05) is 0 Å². The molecule has 1 aliphatic rings. The lowest BCUT2D eigenvalue weighted by molar-refractivity contribution is 0.594. The third kappa shape index (κ3) is 2.14. The van der Waals surface area contributed by atoms with Crippen molar-refractivity contribution in [1.82, 2.24) is 9.78 Å². The van der Waals surface area contributed by atoms with E-state index < -0.39 is 9.84 Å². The molecule has 0 amide bonds. The number of nitrogen functional groups attached to an aromatic ring is 1. The fourth-order valence-corrected chi connectivity index (χ4v) is 4.89. The lowest BCUT2D eigenvalue weighted by Crippen LogP contribution is -2.07. The Morgan fingerprint density at radius 3 is 2.60 bits per heavy atom. The lowest BCUT2D eigenvalue weighted by atomic mass is 10.1. The van der Waals surface area contributed by atoms with E-state index in [9.17, 15) is 8.42 Å². The number of halogens is 1. The fourth-order valence-electron chi connectivity index (χ4n) is 2.13. The van der Waals surface area contributed by atoms with E-state index in [0.717, 1.165) is 24.0 Å². The number of nitrogens with two attached hydrogens (primary N) is 1. The van der Waals surface area contributed by atoms with Crippen LogP contribution >= 0.6 is 15.9 Å². The van der Waals surface area contributed by atoms with E-state index in [2.05, 4.69) is 21.0 Å². The molecule has 0 saturated heterocycles. The molecule has 5 nitrogen and oxygen atoms in total. The molecule has 1 aromatic heterocycles. The molecule has 0 bridgehead atoms. The molecule has 1 saturated carbocycles. The van der Waals surface area contributed by atoms with Gasteiger partial charge in [-0.05, 0) is 46.5 Å². The molecule has 0 radical (unpaired) electrons. The number of anilines is 1. The highest BCUT2D eigenvalue weighted by Crippen LogP contribution is 2.38. The van der Waals surface area contributed by atoms with Gasteiger partial charge in [0.05, 0.1) is 16.3 Å². The summed E-state index contributed by atoms with van der Waals surface area (Å²) in [5.74, 6) is 0.551. The number of aromatic nitrogens is 2. The first-order chi connectivity index (χ1) is 9.41. The number of aryl methyl sites for hydroxylation is 1. The van der Waals surface area contributed by atoms with Crippen LogP contribution in [0, 0.1) is 0 Å². The molecule has 0 atom stereocenters. The van der Waals surface area contributed by atoms with Crippen molar-refractivity contribution in [3.05, 3.63) is 28.9 Å². The van der Waals surface area contributed by atoms with Gasteiger partial charge in [0.1, 0.15) is 5.82 Å². The Bertz CT molecular complexity index is 779. The number of benzene rings is 1. The maximum absolute atomic E-state index is 12.3. The van der Waals surface area contributed by atoms with Crippen molar-refractivity contribution in [1.29, 1.82) is 0 Å². The van der Waals surface area contributed by atoms with Crippen LogP contribution in [0.5, 0.6) is 0 Å². The Balaban J connectivity index is 2.06. The molecule has 7 heteroatoms. The summed E-state index contributed by atoms with van der Waals surface area (Å²) >= 11 is 3.36.